The third kappa shape index (κ3) is 5.58. The van der Waals surface area contributed by atoms with Gasteiger partial charge in [0, 0.05) is 30.0 Å². The van der Waals surface area contributed by atoms with Crippen LogP contribution in [0.5, 0.6) is 0 Å². The average Bonchev–Trinajstić information content (AvgIpc) is 2.86. The Balaban J connectivity index is 1.51. The largest absolute Gasteiger partial charge is 0.322 e. The van der Waals surface area contributed by atoms with Gasteiger partial charge in [-0.1, -0.05) is 30.7 Å². The second-order valence-corrected chi connectivity index (χ2v) is 10.3. The van der Waals surface area contributed by atoms with Crippen LogP contribution in [0.3, 0.4) is 0 Å². The zero-order chi connectivity index (χ0) is 25.0. The Labute approximate surface area is 204 Å². The molecule has 0 radical (unpaired) electrons. The number of sulfonamides is 1. The van der Waals surface area contributed by atoms with Crippen LogP contribution in [0.1, 0.15) is 45.5 Å². The van der Waals surface area contributed by atoms with Crippen molar-refractivity contribution in [2.45, 2.75) is 31.1 Å². The van der Waals surface area contributed by atoms with E-state index in [4.69, 9.17) is 0 Å². The van der Waals surface area contributed by atoms with Gasteiger partial charge in [-0.2, -0.15) is 4.31 Å². The fraction of sp³-hybridized carbons (Fsp3) is 0.231. The van der Waals surface area contributed by atoms with Gasteiger partial charge in [0.2, 0.25) is 10.0 Å². The number of halogens is 1. The normalized spacial score (nSPS) is 14.3. The highest BCUT2D eigenvalue weighted by Gasteiger charge is 2.26. The van der Waals surface area contributed by atoms with Gasteiger partial charge in [-0.25, -0.2) is 12.8 Å². The molecule has 1 fully saturated rings. The van der Waals surface area contributed by atoms with Crippen LogP contribution in [0.25, 0.3) is 0 Å². The summed E-state index contributed by atoms with van der Waals surface area (Å²) in [6.07, 6.45) is 2.68. The van der Waals surface area contributed by atoms with E-state index in [0.717, 1.165) is 19.3 Å². The van der Waals surface area contributed by atoms with Gasteiger partial charge in [0.1, 0.15) is 5.82 Å². The Morgan fingerprint density at radius 2 is 1.60 bits per heavy atom. The smallest absolute Gasteiger partial charge is 0.258 e. The predicted molar refractivity (Wildman–Crippen MR) is 133 cm³/mol. The number of amides is 2. The van der Waals surface area contributed by atoms with Gasteiger partial charge in [-0.3, -0.25) is 9.59 Å². The van der Waals surface area contributed by atoms with Crippen LogP contribution in [0.4, 0.5) is 15.8 Å². The number of anilines is 2. The van der Waals surface area contributed by atoms with E-state index in [1.165, 1.54) is 40.7 Å². The van der Waals surface area contributed by atoms with E-state index in [0.29, 0.717) is 30.0 Å². The lowest BCUT2D eigenvalue weighted by Crippen LogP contribution is -2.35. The van der Waals surface area contributed by atoms with Crippen LogP contribution in [0.2, 0.25) is 0 Å². The molecule has 35 heavy (non-hydrogen) atoms. The number of nitrogens with one attached hydrogen (secondary N) is 2. The highest BCUT2D eigenvalue weighted by molar-refractivity contribution is 7.89. The number of rotatable bonds is 6. The summed E-state index contributed by atoms with van der Waals surface area (Å²) in [7, 11) is -3.64. The minimum absolute atomic E-state index is 0.103. The lowest BCUT2D eigenvalue weighted by molar-refractivity contribution is 0.101. The van der Waals surface area contributed by atoms with Crippen molar-refractivity contribution >= 4 is 33.2 Å². The number of piperidine rings is 1. The molecular formula is C26H26FN3O4S. The van der Waals surface area contributed by atoms with Crippen LogP contribution >= 0.6 is 0 Å². The third-order valence-corrected chi connectivity index (χ3v) is 7.81. The number of benzene rings is 3. The van der Waals surface area contributed by atoms with Crippen molar-refractivity contribution in [3.8, 4) is 0 Å². The summed E-state index contributed by atoms with van der Waals surface area (Å²) in [5.41, 5.74) is 1.55. The van der Waals surface area contributed by atoms with Crippen molar-refractivity contribution in [3.05, 3.63) is 89.2 Å². The molecule has 0 saturated carbocycles. The molecule has 0 atom stereocenters. The molecule has 9 heteroatoms. The zero-order valence-corrected chi connectivity index (χ0v) is 20.1. The van der Waals surface area contributed by atoms with E-state index in [1.54, 1.807) is 37.3 Å². The van der Waals surface area contributed by atoms with E-state index in [9.17, 15) is 22.4 Å². The van der Waals surface area contributed by atoms with Gasteiger partial charge in [0.05, 0.1) is 10.5 Å². The summed E-state index contributed by atoms with van der Waals surface area (Å²) in [5, 5.41) is 5.37. The van der Waals surface area contributed by atoms with Gasteiger partial charge in [0.25, 0.3) is 11.8 Å². The molecule has 2 amide bonds. The second kappa shape index (κ2) is 10.4. The maximum absolute atomic E-state index is 14.0. The molecule has 0 unspecified atom stereocenters. The number of hydrogen-bond acceptors (Lipinski definition) is 4. The minimum atomic E-state index is -3.64. The molecule has 1 saturated heterocycles. The highest BCUT2D eigenvalue weighted by Crippen LogP contribution is 2.24. The first-order valence-corrected chi connectivity index (χ1v) is 12.8. The Morgan fingerprint density at radius 3 is 2.34 bits per heavy atom. The molecule has 0 aliphatic carbocycles. The molecule has 3 aromatic carbocycles. The Morgan fingerprint density at radius 1 is 0.857 bits per heavy atom. The summed E-state index contributed by atoms with van der Waals surface area (Å²) < 4.78 is 41.4. The quantitative estimate of drug-likeness (QED) is 0.513. The monoisotopic (exact) mass is 495 g/mol. The fourth-order valence-electron chi connectivity index (χ4n) is 3.92. The molecule has 3 aromatic rings. The van der Waals surface area contributed by atoms with E-state index >= 15 is 0 Å². The SMILES string of the molecule is Cc1ccc(C(=O)Nc2cccc(S(=O)(=O)N3CCCCC3)c2)cc1NC(=O)c1ccccc1F. The van der Waals surface area contributed by atoms with Crippen molar-refractivity contribution in [1.29, 1.82) is 0 Å². The average molecular weight is 496 g/mol. The maximum atomic E-state index is 14.0. The first-order valence-electron chi connectivity index (χ1n) is 11.3. The van der Waals surface area contributed by atoms with Crippen molar-refractivity contribution < 1.29 is 22.4 Å². The van der Waals surface area contributed by atoms with Crippen molar-refractivity contribution in [2.75, 3.05) is 23.7 Å². The molecule has 4 rings (SSSR count). The van der Waals surface area contributed by atoms with Crippen molar-refractivity contribution in [1.82, 2.24) is 4.31 Å². The van der Waals surface area contributed by atoms with Crippen LogP contribution in [0.15, 0.2) is 71.6 Å². The number of hydrogen-bond donors (Lipinski definition) is 2. The van der Waals surface area contributed by atoms with Crippen LogP contribution in [-0.4, -0.2) is 37.6 Å². The van der Waals surface area contributed by atoms with Crippen molar-refractivity contribution in [2.24, 2.45) is 0 Å². The molecule has 1 heterocycles. The minimum Gasteiger partial charge on any atom is -0.322 e. The van der Waals surface area contributed by atoms with Gasteiger partial charge in [-0.15, -0.1) is 0 Å². The van der Waals surface area contributed by atoms with Gasteiger partial charge in [0.15, 0.2) is 0 Å². The summed E-state index contributed by atoms with van der Waals surface area (Å²) in [6.45, 7) is 2.74. The second-order valence-electron chi connectivity index (χ2n) is 8.41. The molecule has 7 nitrogen and oxygen atoms in total. The third-order valence-electron chi connectivity index (χ3n) is 5.91. The Hall–Kier alpha value is -3.56. The van der Waals surface area contributed by atoms with Crippen LogP contribution in [-0.2, 0) is 10.0 Å². The number of carbonyl (C=O) groups is 2. The van der Waals surface area contributed by atoms with E-state index in [-0.39, 0.29) is 16.0 Å². The first-order chi connectivity index (χ1) is 16.8. The molecule has 2 N–H and O–H groups in total. The molecule has 0 aromatic heterocycles. The van der Waals surface area contributed by atoms with Gasteiger partial charge < -0.3 is 10.6 Å². The molecule has 182 valence electrons. The Kier molecular flexibility index (Phi) is 7.28. The predicted octanol–water partition coefficient (Wildman–Crippen LogP) is 4.81. The van der Waals surface area contributed by atoms with E-state index in [1.807, 2.05) is 0 Å². The molecule has 0 spiro atoms. The summed E-state index contributed by atoms with van der Waals surface area (Å²) in [4.78, 5) is 25.5. The van der Waals surface area contributed by atoms with Gasteiger partial charge in [-0.05, 0) is 67.8 Å². The summed E-state index contributed by atoms with van der Waals surface area (Å²) in [5.74, 6) is -1.74. The molecule has 1 aliphatic heterocycles. The van der Waals surface area contributed by atoms with E-state index < -0.39 is 27.7 Å². The molecular weight excluding hydrogens is 469 g/mol. The highest BCUT2D eigenvalue weighted by atomic mass is 32.2. The molecule has 0 bridgehead atoms. The first kappa shape index (κ1) is 24.6. The van der Waals surface area contributed by atoms with Gasteiger partial charge >= 0.3 is 0 Å². The Bertz CT molecular complexity index is 1370. The summed E-state index contributed by atoms with van der Waals surface area (Å²) in [6, 6.07) is 16.6. The van der Waals surface area contributed by atoms with Crippen molar-refractivity contribution in [3.63, 3.8) is 0 Å². The zero-order valence-electron chi connectivity index (χ0n) is 19.3. The lowest BCUT2D eigenvalue weighted by Gasteiger charge is -2.26. The number of carbonyl (C=O) groups excluding carboxylic acids is 2. The summed E-state index contributed by atoms with van der Waals surface area (Å²) >= 11 is 0. The topological polar surface area (TPSA) is 95.6 Å². The maximum Gasteiger partial charge on any atom is 0.258 e. The number of aryl methyl sites for hydroxylation is 1. The lowest BCUT2D eigenvalue weighted by atomic mass is 10.1. The standard InChI is InChI=1S/C26H26FN3O4S/c1-18-12-13-19(16-24(18)29-26(32)22-10-3-4-11-23(22)27)25(31)28-20-8-7-9-21(17-20)35(33,34)30-14-5-2-6-15-30/h3-4,7-13,16-17H,2,5-6,14-15H2,1H3,(H,28,31)(H,29,32). The van der Waals surface area contributed by atoms with Crippen LogP contribution in [0, 0.1) is 12.7 Å². The fourth-order valence-corrected chi connectivity index (χ4v) is 5.49. The van der Waals surface area contributed by atoms with Crippen LogP contribution < -0.4 is 10.6 Å². The number of nitrogens with zero attached hydrogens (tertiary/aromatic N) is 1. The van der Waals surface area contributed by atoms with E-state index in [2.05, 4.69) is 10.6 Å². The molecule has 1 aliphatic rings.